The van der Waals surface area contributed by atoms with Gasteiger partial charge in [0.15, 0.2) is 0 Å². The van der Waals surface area contributed by atoms with E-state index in [-0.39, 0.29) is 6.54 Å². The summed E-state index contributed by atoms with van der Waals surface area (Å²) in [6, 6.07) is 11.3. The summed E-state index contributed by atoms with van der Waals surface area (Å²) < 4.78 is 0. The molecule has 27 heavy (non-hydrogen) atoms. The molecule has 0 saturated carbocycles. The van der Waals surface area contributed by atoms with Crippen LogP contribution in [0.3, 0.4) is 0 Å². The SMILES string of the molecule is Cc1ccc(N2C(=O)N(CC(=O)Nc3cc(Cl)ccc3C)C(=O)[C@@H]2C)cc1. The minimum atomic E-state index is -0.666. The van der Waals surface area contributed by atoms with E-state index in [9.17, 15) is 14.4 Å². The number of carbonyl (C=O) groups excluding carboxylic acids is 3. The number of nitrogens with one attached hydrogen (secondary N) is 1. The lowest BCUT2D eigenvalue weighted by Crippen LogP contribution is -2.39. The lowest BCUT2D eigenvalue weighted by molar-refractivity contribution is -0.130. The highest BCUT2D eigenvalue weighted by Crippen LogP contribution is 2.26. The number of carbonyl (C=O) groups is 3. The molecule has 0 bridgehead atoms. The van der Waals surface area contributed by atoms with Gasteiger partial charge in [-0.05, 0) is 50.6 Å². The van der Waals surface area contributed by atoms with Crippen LogP contribution in [-0.2, 0) is 9.59 Å². The summed E-state index contributed by atoms with van der Waals surface area (Å²) in [7, 11) is 0. The number of halogens is 1. The molecular weight excluding hydrogens is 366 g/mol. The monoisotopic (exact) mass is 385 g/mol. The molecule has 0 radical (unpaired) electrons. The van der Waals surface area contributed by atoms with Crippen LogP contribution in [0.2, 0.25) is 5.02 Å². The molecule has 7 heteroatoms. The van der Waals surface area contributed by atoms with Crippen LogP contribution in [0.25, 0.3) is 0 Å². The fourth-order valence-electron chi connectivity index (χ4n) is 2.97. The van der Waals surface area contributed by atoms with Gasteiger partial charge in [0.25, 0.3) is 5.91 Å². The average Bonchev–Trinajstić information content (AvgIpc) is 2.83. The highest BCUT2D eigenvalue weighted by Gasteiger charge is 2.44. The third-order valence-corrected chi connectivity index (χ3v) is 4.77. The van der Waals surface area contributed by atoms with Gasteiger partial charge in [0.05, 0.1) is 0 Å². The number of anilines is 2. The summed E-state index contributed by atoms with van der Waals surface area (Å²) in [5.41, 5.74) is 3.06. The molecule has 1 saturated heterocycles. The predicted octanol–water partition coefficient (Wildman–Crippen LogP) is 3.75. The summed E-state index contributed by atoms with van der Waals surface area (Å²) in [5, 5.41) is 3.20. The number of urea groups is 1. The zero-order chi connectivity index (χ0) is 19.7. The van der Waals surface area contributed by atoms with Gasteiger partial charge in [-0.2, -0.15) is 0 Å². The van der Waals surface area contributed by atoms with Crippen molar-refractivity contribution in [1.29, 1.82) is 0 Å². The van der Waals surface area contributed by atoms with Gasteiger partial charge in [-0.15, -0.1) is 0 Å². The second-order valence-corrected chi connectivity index (χ2v) is 7.03. The van der Waals surface area contributed by atoms with Crippen LogP contribution in [-0.4, -0.2) is 35.3 Å². The molecule has 1 fully saturated rings. The zero-order valence-electron chi connectivity index (χ0n) is 15.3. The summed E-state index contributed by atoms with van der Waals surface area (Å²) in [5.74, 6) is -0.862. The smallest absolute Gasteiger partial charge is 0.324 e. The largest absolute Gasteiger partial charge is 0.332 e. The molecule has 3 rings (SSSR count). The van der Waals surface area contributed by atoms with Crippen molar-refractivity contribution in [3.05, 3.63) is 58.6 Å². The van der Waals surface area contributed by atoms with Crippen LogP contribution in [0.15, 0.2) is 42.5 Å². The third-order valence-electron chi connectivity index (χ3n) is 4.54. The van der Waals surface area contributed by atoms with Crippen molar-refractivity contribution in [2.24, 2.45) is 0 Å². The van der Waals surface area contributed by atoms with Crippen molar-refractivity contribution >= 4 is 40.8 Å². The van der Waals surface area contributed by atoms with Crippen molar-refractivity contribution in [2.75, 3.05) is 16.8 Å². The first-order valence-electron chi connectivity index (χ1n) is 8.55. The van der Waals surface area contributed by atoms with Gasteiger partial charge in [-0.25, -0.2) is 4.79 Å². The molecule has 0 aliphatic carbocycles. The Kier molecular flexibility index (Phi) is 5.19. The molecule has 1 aliphatic heterocycles. The van der Waals surface area contributed by atoms with Crippen LogP contribution in [0.4, 0.5) is 16.2 Å². The second-order valence-electron chi connectivity index (χ2n) is 6.60. The Morgan fingerprint density at radius 3 is 2.44 bits per heavy atom. The Hall–Kier alpha value is -2.86. The number of benzene rings is 2. The van der Waals surface area contributed by atoms with Crippen molar-refractivity contribution in [2.45, 2.75) is 26.8 Å². The lowest BCUT2D eigenvalue weighted by Gasteiger charge is -2.19. The molecule has 1 heterocycles. The quantitative estimate of drug-likeness (QED) is 0.815. The van der Waals surface area contributed by atoms with E-state index in [0.29, 0.717) is 16.4 Å². The topological polar surface area (TPSA) is 69.7 Å². The number of rotatable bonds is 4. The molecule has 0 unspecified atom stereocenters. The van der Waals surface area contributed by atoms with Gasteiger partial charge in [0.1, 0.15) is 12.6 Å². The van der Waals surface area contributed by atoms with E-state index < -0.39 is 23.9 Å². The maximum absolute atomic E-state index is 12.8. The van der Waals surface area contributed by atoms with Gasteiger partial charge in [-0.1, -0.05) is 35.4 Å². The molecule has 2 aromatic carbocycles. The predicted molar refractivity (Wildman–Crippen MR) is 105 cm³/mol. The van der Waals surface area contributed by atoms with Gasteiger partial charge in [0, 0.05) is 16.4 Å². The first-order valence-corrected chi connectivity index (χ1v) is 8.93. The zero-order valence-corrected chi connectivity index (χ0v) is 16.1. The van der Waals surface area contributed by atoms with Gasteiger partial charge < -0.3 is 5.32 Å². The van der Waals surface area contributed by atoms with Crippen molar-refractivity contribution in [3.63, 3.8) is 0 Å². The maximum atomic E-state index is 12.8. The molecule has 1 aliphatic rings. The van der Waals surface area contributed by atoms with Gasteiger partial charge in [-0.3, -0.25) is 19.4 Å². The maximum Gasteiger partial charge on any atom is 0.332 e. The van der Waals surface area contributed by atoms with Crippen molar-refractivity contribution in [1.82, 2.24) is 4.90 Å². The first kappa shape index (κ1) is 18.9. The van der Waals surface area contributed by atoms with Crippen molar-refractivity contribution < 1.29 is 14.4 Å². The molecule has 4 amide bonds. The average molecular weight is 386 g/mol. The number of hydrogen-bond donors (Lipinski definition) is 1. The Bertz CT molecular complexity index is 911. The molecule has 0 spiro atoms. The Morgan fingerprint density at radius 1 is 1.11 bits per heavy atom. The van der Waals surface area contributed by atoms with E-state index in [4.69, 9.17) is 11.6 Å². The molecular formula is C20H20ClN3O3. The van der Waals surface area contributed by atoms with Crippen LogP contribution in [0.1, 0.15) is 18.1 Å². The number of nitrogens with zero attached hydrogens (tertiary/aromatic N) is 2. The Balaban J connectivity index is 1.75. The van der Waals surface area contributed by atoms with Gasteiger partial charge in [0.2, 0.25) is 5.91 Å². The van der Waals surface area contributed by atoms with E-state index >= 15 is 0 Å². The minimum absolute atomic E-state index is 0.351. The van der Waals surface area contributed by atoms with Crippen molar-refractivity contribution in [3.8, 4) is 0 Å². The van der Waals surface area contributed by atoms with E-state index in [1.54, 1.807) is 37.3 Å². The van der Waals surface area contributed by atoms with E-state index in [1.807, 2.05) is 26.0 Å². The molecule has 140 valence electrons. The standard InChI is InChI=1S/C20H20ClN3O3/c1-12-4-8-16(9-5-12)24-14(3)19(26)23(20(24)27)11-18(25)22-17-10-15(21)7-6-13(17)2/h4-10,14H,11H2,1-3H3,(H,22,25)/t14-/m0/s1. The molecule has 6 nitrogen and oxygen atoms in total. The van der Waals surface area contributed by atoms with E-state index in [0.717, 1.165) is 16.0 Å². The highest BCUT2D eigenvalue weighted by molar-refractivity contribution is 6.31. The summed E-state index contributed by atoms with van der Waals surface area (Å²) >= 11 is 5.96. The number of hydrogen-bond acceptors (Lipinski definition) is 3. The lowest BCUT2D eigenvalue weighted by atomic mass is 10.2. The van der Waals surface area contributed by atoms with Crippen LogP contribution < -0.4 is 10.2 Å². The van der Waals surface area contributed by atoms with Crippen LogP contribution in [0.5, 0.6) is 0 Å². The van der Waals surface area contributed by atoms with E-state index in [1.165, 1.54) is 4.90 Å². The van der Waals surface area contributed by atoms with Crippen LogP contribution >= 0.6 is 11.6 Å². The third kappa shape index (κ3) is 3.80. The highest BCUT2D eigenvalue weighted by atomic mass is 35.5. The second kappa shape index (κ2) is 7.40. The molecule has 0 aromatic heterocycles. The first-order chi connectivity index (χ1) is 12.8. The summed E-state index contributed by atoms with van der Waals surface area (Å²) in [6.45, 7) is 5.08. The minimum Gasteiger partial charge on any atom is -0.324 e. The van der Waals surface area contributed by atoms with E-state index in [2.05, 4.69) is 5.32 Å². The normalized spacial score (nSPS) is 16.8. The molecule has 2 aromatic rings. The number of imide groups is 1. The fraction of sp³-hybridized carbons (Fsp3) is 0.250. The number of amides is 4. The van der Waals surface area contributed by atoms with Gasteiger partial charge >= 0.3 is 6.03 Å². The summed E-state index contributed by atoms with van der Waals surface area (Å²) in [6.07, 6.45) is 0. The fourth-order valence-corrected chi connectivity index (χ4v) is 3.15. The Labute approximate surface area is 162 Å². The molecule has 1 atom stereocenters. The molecule has 1 N–H and O–H groups in total. The summed E-state index contributed by atoms with van der Waals surface area (Å²) in [4.78, 5) is 40.1. The number of aryl methyl sites for hydroxylation is 2. The Morgan fingerprint density at radius 2 is 1.78 bits per heavy atom. The van der Waals surface area contributed by atoms with Crippen LogP contribution in [0, 0.1) is 13.8 Å².